The van der Waals surface area contributed by atoms with Crippen molar-refractivity contribution in [2.75, 3.05) is 5.32 Å². The van der Waals surface area contributed by atoms with Crippen molar-refractivity contribution < 1.29 is 14.8 Å². The minimum absolute atomic E-state index is 0.0365. The van der Waals surface area contributed by atoms with E-state index in [-0.39, 0.29) is 17.8 Å². The number of para-hydroxylation sites is 1. The van der Waals surface area contributed by atoms with E-state index in [1.54, 1.807) is 30.3 Å². The molecule has 2 rings (SSSR count). The third kappa shape index (κ3) is 3.11. The van der Waals surface area contributed by atoms with Gasteiger partial charge in [0.15, 0.2) is 0 Å². The first-order valence-electron chi connectivity index (χ1n) is 5.87. The Balaban J connectivity index is 2.15. The lowest BCUT2D eigenvalue weighted by Crippen LogP contribution is -2.04. The second-order valence-electron chi connectivity index (χ2n) is 4.13. The lowest BCUT2D eigenvalue weighted by Gasteiger charge is -2.07. The highest BCUT2D eigenvalue weighted by Gasteiger charge is 2.11. The first-order chi connectivity index (χ1) is 9.58. The summed E-state index contributed by atoms with van der Waals surface area (Å²) in [5, 5.41) is 22.8. The Morgan fingerprint density at radius 2 is 1.95 bits per heavy atom. The minimum Gasteiger partial charge on any atom is -0.478 e. The number of carboxylic acid groups (broad SMARTS) is 1. The van der Waals surface area contributed by atoms with Gasteiger partial charge < -0.3 is 10.4 Å². The Hall–Kier alpha value is -2.89. The van der Waals surface area contributed by atoms with Crippen LogP contribution < -0.4 is 5.32 Å². The maximum absolute atomic E-state index is 10.9. The van der Waals surface area contributed by atoms with Crippen LogP contribution in [-0.4, -0.2) is 16.0 Å². The molecule has 0 atom stereocenters. The molecule has 0 amide bonds. The molecule has 0 aliphatic carbocycles. The molecule has 0 saturated heterocycles. The summed E-state index contributed by atoms with van der Waals surface area (Å²) >= 11 is 0. The zero-order valence-corrected chi connectivity index (χ0v) is 10.4. The summed E-state index contributed by atoms with van der Waals surface area (Å²) in [6.45, 7) is 0.250. The number of hydrogen-bond acceptors (Lipinski definition) is 4. The molecule has 0 fully saturated rings. The van der Waals surface area contributed by atoms with Gasteiger partial charge in [-0.2, -0.15) is 0 Å². The third-order valence-corrected chi connectivity index (χ3v) is 2.78. The van der Waals surface area contributed by atoms with Gasteiger partial charge in [0.25, 0.3) is 5.69 Å². The van der Waals surface area contributed by atoms with E-state index in [0.29, 0.717) is 11.3 Å². The number of nitrogens with zero attached hydrogens (tertiary/aromatic N) is 1. The molecule has 0 bridgehead atoms. The van der Waals surface area contributed by atoms with Crippen LogP contribution in [0.2, 0.25) is 0 Å². The van der Waals surface area contributed by atoms with E-state index in [0.717, 1.165) is 0 Å². The summed E-state index contributed by atoms with van der Waals surface area (Å²) in [7, 11) is 0. The summed E-state index contributed by atoms with van der Waals surface area (Å²) in [6, 6.07) is 12.7. The first kappa shape index (κ1) is 13.5. The average Bonchev–Trinajstić information content (AvgIpc) is 2.45. The number of benzene rings is 2. The first-order valence-corrected chi connectivity index (χ1v) is 5.87. The van der Waals surface area contributed by atoms with Crippen molar-refractivity contribution in [2.45, 2.75) is 6.54 Å². The van der Waals surface area contributed by atoms with E-state index >= 15 is 0 Å². The van der Waals surface area contributed by atoms with Crippen molar-refractivity contribution in [1.29, 1.82) is 0 Å². The number of carbonyl (C=O) groups is 1. The third-order valence-electron chi connectivity index (χ3n) is 2.78. The number of aromatic carboxylic acids is 1. The van der Waals surface area contributed by atoms with Crippen LogP contribution in [-0.2, 0) is 6.54 Å². The van der Waals surface area contributed by atoms with Crippen molar-refractivity contribution in [3.63, 3.8) is 0 Å². The monoisotopic (exact) mass is 272 g/mol. The summed E-state index contributed by atoms with van der Waals surface area (Å²) < 4.78 is 0. The van der Waals surface area contributed by atoms with Gasteiger partial charge in [-0.25, -0.2) is 4.79 Å². The molecular weight excluding hydrogens is 260 g/mol. The van der Waals surface area contributed by atoms with E-state index in [9.17, 15) is 14.9 Å². The molecule has 2 aromatic carbocycles. The lowest BCUT2D eigenvalue weighted by atomic mass is 10.1. The highest BCUT2D eigenvalue weighted by Crippen LogP contribution is 2.19. The summed E-state index contributed by atoms with van der Waals surface area (Å²) in [6.07, 6.45) is 0. The van der Waals surface area contributed by atoms with E-state index in [2.05, 4.69) is 5.32 Å². The predicted octanol–water partition coefficient (Wildman–Crippen LogP) is 2.91. The van der Waals surface area contributed by atoms with Gasteiger partial charge in [0.05, 0.1) is 10.5 Å². The fraction of sp³-hybridized carbons (Fsp3) is 0.0714. The zero-order valence-electron chi connectivity index (χ0n) is 10.4. The standard InChI is InChI=1S/C14H12N2O4/c17-14(18)10-5-3-6-12(8-10)15-9-11-4-1-2-7-13(11)16(19)20/h1-8,15H,9H2,(H,17,18). The molecule has 0 aromatic heterocycles. The van der Waals surface area contributed by atoms with E-state index in [1.807, 2.05) is 0 Å². The molecular formula is C14H12N2O4. The SMILES string of the molecule is O=C(O)c1cccc(NCc2ccccc2[N+](=O)[O-])c1. The van der Waals surface area contributed by atoms with Crippen LogP contribution in [0.5, 0.6) is 0 Å². The highest BCUT2D eigenvalue weighted by atomic mass is 16.6. The Bertz CT molecular complexity index is 655. The second kappa shape index (κ2) is 5.83. The van der Waals surface area contributed by atoms with Gasteiger partial charge in [0.2, 0.25) is 0 Å². The fourth-order valence-corrected chi connectivity index (χ4v) is 1.80. The van der Waals surface area contributed by atoms with Crippen molar-refractivity contribution in [1.82, 2.24) is 0 Å². The Kier molecular flexibility index (Phi) is 3.95. The molecule has 6 nitrogen and oxygen atoms in total. The smallest absolute Gasteiger partial charge is 0.335 e. The molecule has 0 aliphatic rings. The number of nitrogens with one attached hydrogen (secondary N) is 1. The van der Waals surface area contributed by atoms with Crippen molar-refractivity contribution in [3.05, 3.63) is 69.8 Å². The van der Waals surface area contributed by atoms with Gasteiger partial charge in [0, 0.05) is 23.9 Å². The van der Waals surface area contributed by atoms with E-state index < -0.39 is 10.9 Å². The Morgan fingerprint density at radius 3 is 2.65 bits per heavy atom. The molecule has 0 heterocycles. The number of nitro benzene ring substituents is 1. The molecule has 0 radical (unpaired) electrons. The topological polar surface area (TPSA) is 92.5 Å². The van der Waals surface area contributed by atoms with Crippen LogP contribution in [0.25, 0.3) is 0 Å². The molecule has 2 N–H and O–H groups in total. The molecule has 2 aromatic rings. The van der Waals surface area contributed by atoms with Crippen LogP contribution >= 0.6 is 0 Å². The molecule has 0 aliphatic heterocycles. The van der Waals surface area contributed by atoms with Gasteiger partial charge in [-0.1, -0.05) is 24.3 Å². The normalized spacial score (nSPS) is 10.0. The zero-order chi connectivity index (χ0) is 14.5. The van der Waals surface area contributed by atoms with Gasteiger partial charge in [-0.15, -0.1) is 0 Å². The molecule has 102 valence electrons. The van der Waals surface area contributed by atoms with Gasteiger partial charge in [-0.3, -0.25) is 10.1 Å². The van der Waals surface area contributed by atoms with Crippen LogP contribution in [0.4, 0.5) is 11.4 Å². The van der Waals surface area contributed by atoms with E-state index in [1.165, 1.54) is 18.2 Å². The van der Waals surface area contributed by atoms with E-state index in [4.69, 9.17) is 5.11 Å². The largest absolute Gasteiger partial charge is 0.478 e. The number of hydrogen-bond donors (Lipinski definition) is 2. The average molecular weight is 272 g/mol. The Morgan fingerprint density at radius 1 is 1.20 bits per heavy atom. The van der Waals surface area contributed by atoms with Crippen LogP contribution in [0.3, 0.4) is 0 Å². The van der Waals surface area contributed by atoms with Crippen LogP contribution in [0.1, 0.15) is 15.9 Å². The summed E-state index contributed by atoms with van der Waals surface area (Å²) in [4.78, 5) is 21.3. The van der Waals surface area contributed by atoms with Crippen molar-refractivity contribution in [2.24, 2.45) is 0 Å². The van der Waals surface area contributed by atoms with Gasteiger partial charge in [0.1, 0.15) is 0 Å². The number of nitro groups is 1. The molecule has 0 saturated carbocycles. The van der Waals surface area contributed by atoms with Crippen molar-refractivity contribution in [3.8, 4) is 0 Å². The molecule has 0 unspecified atom stereocenters. The molecule has 0 spiro atoms. The highest BCUT2D eigenvalue weighted by molar-refractivity contribution is 5.88. The maximum Gasteiger partial charge on any atom is 0.335 e. The minimum atomic E-state index is -1.01. The fourth-order valence-electron chi connectivity index (χ4n) is 1.80. The summed E-state index contributed by atoms with van der Waals surface area (Å²) in [5.41, 5.74) is 1.34. The number of carboxylic acids is 1. The van der Waals surface area contributed by atoms with Crippen LogP contribution in [0, 0.1) is 10.1 Å². The quantitative estimate of drug-likeness (QED) is 0.644. The second-order valence-corrected chi connectivity index (χ2v) is 4.13. The molecule has 6 heteroatoms. The van der Waals surface area contributed by atoms with Gasteiger partial charge >= 0.3 is 5.97 Å². The predicted molar refractivity (Wildman–Crippen MR) is 73.8 cm³/mol. The lowest BCUT2D eigenvalue weighted by molar-refractivity contribution is -0.385. The number of rotatable bonds is 5. The number of anilines is 1. The maximum atomic E-state index is 10.9. The van der Waals surface area contributed by atoms with Crippen LogP contribution in [0.15, 0.2) is 48.5 Å². The Labute approximate surface area is 114 Å². The van der Waals surface area contributed by atoms with Crippen molar-refractivity contribution >= 4 is 17.3 Å². The van der Waals surface area contributed by atoms with Gasteiger partial charge in [-0.05, 0) is 18.2 Å². The molecule has 20 heavy (non-hydrogen) atoms. The summed E-state index contributed by atoms with van der Waals surface area (Å²) in [5.74, 6) is -1.01.